The summed E-state index contributed by atoms with van der Waals surface area (Å²) >= 11 is 0. The molecule has 0 bridgehead atoms. The Kier molecular flexibility index (Phi) is 4.09. The fourth-order valence-corrected chi connectivity index (χ4v) is 2.72. The van der Waals surface area contributed by atoms with E-state index in [-0.39, 0.29) is 6.03 Å². The molecule has 2 aliphatic heterocycles. The average molecular weight is 299 g/mol. The first-order chi connectivity index (χ1) is 10.6. The van der Waals surface area contributed by atoms with Gasteiger partial charge in [-0.05, 0) is 12.5 Å². The summed E-state index contributed by atoms with van der Waals surface area (Å²) in [6, 6.07) is 8.12. The number of carbonyl (C=O) groups excluding carboxylic acids is 1. The molecule has 0 aromatic heterocycles. The number of rotatable bonds is 2. The molecule has 0 spiro atoms. The van der Waals surface area contributed by atoms with Crippen molar-refractivity contribution in [3.8, 4) is 0 Å². The molecule has 2 heterocycles. The summed E-state index contributed by atoms with van der Waals surface area (Å²) in [6.45, 7) is 5.57. The van der Waals surface area contributed by atoms with Crippen LogP contribution in [0.4, 0.5) is 4.79 Å². The maximum Gasteiger partial charge on any atom is 0.314 e. The molecule has 1 saturated heterocycles. The lowest BCUT2D eigenvalue weighted by molar-refractivity contribution is 0.177. The minimum Gasteiger partial charge on any atom is -0.355 e. The second-order valence-electron chi connectivity index (χ2n) is 5.74. The summed E-state index contributed by atoms with van der Waals surface area (Å²) < 4.78 is 0. The summed E-state index contributed by atoms with van der Waals surface area (Å²) in [6.07, 6.45) is 0.769. The van der Waals surface area contributed by atoms with Gasteiger partial charge in [-0.1, -0.05) is 29.8 Å². The van der Waals surface area contributed by atoms with E-state index in [4.69, 9.17) is 5.73 Å². The van der Waals surface area contributed by atoms with Gasteiger partial charge in [0.15, 0.2) is 0 Å². The Morgan fingerprint density at radius 3 is 2.50 bits per heavy atom. The van der Waals surface area contributed by atoms with Crippen LogP contribution in [0.15, 0.2) is 34.3 Å². The molecule has 3 rings (SSSR count). The quantitative estimate of drug-likeness (QED) is 0.886. The number of hydrogen-bond acceptors (Lipinski definition) is 4. The number of piperazine rings is 1. The molecule has 1 fully saturated rings. The Morgan fingerprint density at radius 2 is 1.86 bits per heavy atom. The third-order valence-electron chi connectivity index (χ3n) is 4.10. The molecule has 1 aromatic carbocycles. The Labute approximate surface area is 130 Å². The van der Waals surface area contributed by atoms with Crippen LogP contribution in [0.5, 0.6) is 0 Å². The molecule has 2 amide bonds. The molecule has 116 valence electrons. The maximum absolute atomic E-state index is 11.1. The fraction of sp³-hybridized carbons (Fsp3) is 0.438. The van der Waals surface area contributed by atoms with Crippen LogP contribution >= 0.6 is 0 Å². The Bertz CT molecular complexity index is 612. The first-order valence-corrected chi connectivity index (χ1v) is 7.57. The van der Waals surface area contributed by atoms with E-state index in [9.17, 15) is 4.79 Å². The van der Waals surface area contributed by atoms with Gasteiger partial charge in [-0.3, -0.25) is 4.99 Å². The van der Waals surface area contributed by atoms with Crippen molar-refractivity contribution in [2.75, 3.05) is 32.7 Å². The highest BCUT2D eigenvalue weighted by molar-refractivity contribution is 6.03. The largest absolute Gasteiger partial charge is 0.355 e. The molecule has 0 saturated carbocycles. The Hall–Kier alpha value is -2.37. The molecule has 0 aliphatic carbocycles. The molecule has 22 heavy (non-hydrogen) atoms. The highest BCUT2D eigenvalue weighted by atomic mass is 16.2. The zero-order valence-electron chi connectivity index (χ0n) is 12.8. The van der Waals surface area contributed by atoms with Crippen molar-refractivity contribution in [1.29, 1.82) is 0 Å². The normalized spacial score (nSPS) is 18.2. The number of urea groups is 1. The van der Waals surface area contributed by atoms with Gasteiger partial charge in [0.1, 0.15) is 11.7 Å². The molecule has 1 aromatic rings. The third-order valence-corrected chi connectivity index (χ3v) is 4.10. The van der Waals surface area contributed by atoms with Gasteiger partial charge in [0.2, 0.25) is 0 Å². The van der Waals surface area contributed by atoms with Crippen LogP contribution in [-0.2, 0) is 6.42 Å². The number of aryl methyl sites for hydroxylation is 1. The molecule has 6 nitrogen and oxygen atoms in total. The van der Waals surface area contributed by atoms with Crippen LogP contribution in [0.3, 0.4) is 0 Å². The number of benzene rings is 1. The monoisotopic (exact) mass is 299 g/mol. The van der Waals surface area contributed by atoms with Crippen molar-refractivity contribution in [2.45, 2.75) is 13.3 Å². The molecule has 6 heteroatoms. The van der Waals surface area contributed by atoms with E-state index >= 15 is 0 Å². The van der Waals surface area contributed by atoms with Gasteiger partial charge >= 0.3 is 6.03 Å². The number of aliphatic imine (C=N–C) groups is 2. The summed E-state index contributed by atoms with van der Waals surface area (Å²) in [4.78, 5) is 24.2. The van der Waals surface area contributed by atoms with Gasteiger partial charge < -0.3 is 15.5 Å². The minimum atomic E-state index is -0.343. The van der Waals surface area contributed by atoms with E-state index in [1.807, 2.05) is 0 Å². The summed E-state index contributed by atoms with van der Waals surface area (Å²) in [5, 5.41) is 0. The lowest BCUT2D eigenvalue weighted by atomic mass is 10.1. The average Bonchev–Trinajstić information content (AvgIpc) is 2.98. The van der Waals surface area contributed by atoms with E-state index in [1.54, 1.807) is 4.90 Å². The van der Waals surface area contributed by atoms with E-state index in [0.717, 1.165) is 31.2 Å². The molecule has 0 unspecified atom stereocenters. The SMILES string of the molecule is Cc1ccc(CC2=NCC(N3CCN(C(N)=O)CC3)=N2)cc1. The number of amides is 2. The van der Waals surface area contributed by atoms with E-state index in [2.05, 4.69) is 46.1 Å². The van der Waals surface area contributed by atoms with Gasteiger partial charge in [0.25, 0.3) is 0 Å². The van der Waals surface area contributed by atoms with Crippen molar-refractivity contribution in [1.82, 2.24) is 9.80 Å². The highest BCUT2D eigenvalue weighted by Crippen LogP contribution is 2.11. The molecular formula is C16H21N5O. The standard InChI is InChI=1S/C16H21N5O/c1-12-2-4-13(5-3-12)10-14-18-11-15(19-14)20-6-8-21(9-7-20)16(17)22/h2-5H,6-11H2,1H3,(H2,17,22). The minimum absolute atomic E-state index is 0.343. The van der Waals surface area contributed by atoms with Crippen LogP contribution in [-0.4, -0.2) is 60.2 Å². The lowest BCUT2D eigenvalue weighted by Crippen LogP contribution is -2.52. The smallest absolute Gasteiger partial charge is 0.314 e. The van der Waals surface area contributed by atoms with Crippen LogP contribution in [0.1, 0.15) is 11.1 Å². The van der Waals surface area contributed by atoms with Gasteiger partial charge in [0, 0.05) is 32.6 Å². The van der Waals surface area contributed by atoms with Gasteiger partial charge in [-0.15, -0.1) is 0 Å². The first-order valence-electron chi connectivity index (χ1n) is 7.57. The number of amidine groups is 2. The Balaban J connectivity index is 1.57. The van der Waals surface area contributed by atoms with Crippen molar-refractivity contribution < 1.29 is 4.79 Å². The molecule has 0 atom stereocenters. The van der Waals surface area contributed by atoms with Gasteiger partial charge in [0.05, 0.1) is 6.54 Å². The van der Waals surface area contributed by atoms with Crippen LogP contribution in [0.2, 0.25) is 0 Å². The van der Waals surface area contributed by atoms with Crippen molar-refractivity contribution >= 4 is 17.7 Å². The van der Waals surface area contributed by atoms with Crippen molar-refractivity contribution in [2.24, 2.45) is 15.7 Å². The Morgan fingerprint density at radius 1 is 1.18 bits per heavy atom. The van der Waals surface area contributed by atoms with Crippen molar-refractivity contribution in [3.05, 3.63) is 35.4 Å². The second-order valence-corrected chi connectivity index (χ2v) is 5.74. The first kappa shape index (κ1) is 14.6. The maximum atomic E-state index is 11.1. The lowest BCUT2D eigenvalue weighted by Gasteiger charge is -2.34. The fourth-order valence-electron chi connectivity index (χ4n) is 2.72. The third kappa shape index (κ3) is 3.27. The van der Waals surface area contributed by atoms with Crippen LogP contribution < -0.4 is 5.73 Å². The second kappa shape index (κ2) is 6.17. The van der Waals surface area contributed by atoms with E-state index in [0.29, 0.717) is 19.6 Å². The number of primary amides is 1. The summed E-state index contributed by atoms with van der Waals surface area (Å²) in [5.41, 5.74) is 7.79. The highest BCUT2D eigenvalue weighted by Gasteiger charge is 2.23. The predicted octanol–water partition coefficient (Wildman–Crippen LogP) is 1.04. The number of hydrogen-bond donors (Lipinski definition) is 1. The molecule has 2 aliphatic rings. The van der Waals surface area contributed by atoms with Crippen LogP contribution in [0.25, 0.3) is 0 Å². The summed E-state index contributed by atoms with van der Waals surface area (Å²) in [5.74, 6) is 1.89. The van der Waals surface area contributed by atoms with E-state index in [1.165, 1.54) is 11.1 Å². The zero-order chi connectivity index (χ0) is 15.5. The van der Waals surface area contributed by atoms with E-state index < -0.39 is 0 Å². The van der Waals surface area contributed by atoms with Gasteiger partial charge in [-0.2, -0.15) is 0 Å². The molecular weight excluding hydrogens is 278 g/mol. The summed E-state index contributed by atoms with van der Waals surface area (Å²) in [7, 11) is 0. The number of nitrogens with zero attached hydrogens (tertiary/aromatic N) is 4. The zero-order valence-corrected chi connectivity index (χ0v) is 12.8. The molecule has 0 radical (unpaired) electrons. The van der Waals surface area contributed by atoms with Crippen molar-refractivity contribution in [3.63, 3.8) is 0 Å². The van der Waals surface area contributed by atoms with Crippen LogP contribution in [0, 0.1) is 6.92 Å². The number of nitrogens with two attached hydrogens (primary N) is 1. The number of carbonyl (C=O) groups is 1. The topological polar surface area (TPSA) is 74.3 Å². The predicted molar refractivity (Wildman–Crippen MR) is 87.3 cm³/mol. The van der Waals surface area contributed by atoms with Gasteiger partial charge in [-0.25, -0.2) is 9.79 Å². The molecule has 2 N–H and O–H groups in total.